The molecule has 0 aliphatic carbocycles. The smallest absolute Gasteiger partial charge is 0.244 e. The van der Waals surface area contributed by atoms with E-state index in [0.717, 1.165) is 36.5 Å². The molecule has 2 aromatic rings. The second-order valence-corrected chi connectivity index (χ2v) is 6.10. The molecule has 5 heteroatoms. The van der Waals surface area contributed by atoms with Gasteiger partial charge in [-0.3, -0.25) is 9.48 Å². The molecule has 134 valence electrons. The quantitative estimate of drug-likeness (QED) is 0.593. The molecule has 0 radical (unpaired) electrons. The Morgan fingerprint density at radius 2 is 2.00 bits per heavy atom. The van der Waals surface area contributed by atoms with Gasteiger partial charge in [0, 0.05) is 49.7 Å². The molecular formula is C20H28N4O. The van der Waals surface area contributed by atoms with Crippen LogP contribution in [0.4, 0.5) is 5.69 Å². The summed E-state index contributed by atoms with van der Waals surface area (Å²) < 4.78 is 1.83. The third kappa shape index (κ3) is 5.21. The minimum atomic E-state index is -0.0644. The lowest BCUT2D eigenvalue weighted by Crippen LogP contribution is -2.29. The molecule has 5 nitrogen and oxygen atoms in total. The molecule has 25 heavy (non-hydrogen) atoms. The average Bonchev–Trinajstić information content (AvgIpc) is 2.86. The minimum Gasteiger partial charge on any atom is -0.372 e. The summed E-state index contributed by atoms with van der Waals surface area (Å²) in [6.45, 7) is 8.64. The van der Waals surface area contributed by atoms with Crippen LogP contribution >= 0.6 is 0 Å². The number of benzene rings is 1. The number of hydrogen-bond acceptors (Lipinski definition) is 3. The van der Waals surface area contributed by atoms with Crippen LogP contribution in [-0.2, 0) is 11.8 Å². The molecule has 1 aromatic carbocycles. The summed E-state index contributed by atoms with van der Waals surface area (Å²) in [5, 5.41) is 7.30. The zero-order valence-corrected chi connectivity index (χ0v) is 15.6. The summed E-state index contributed by atoms with van der Waals surface area (Å²) in [6.07, 6.45) is 4.34. The van der Waals surface area contributed by atoms with E-state index >= 15 is 0 Å². The van der Waals surface area contributed by atoms with Crippen LogP contribution in [0, 0.1) is 13.8 Å². The Labute approximate surface area is 150 Å². The van der Waals surface area contributed by atoms with Gasteiger partial charge in [0.25, 0.3) is 0 Å². The minimum absolute atomic E-state index is 0.0644. The van der Waals surface area contributed by atoms with Crippen molar-refractivity contribution in [3.05, 3.63) is 53.4 Å². The summed E-state index contributed by atoms with van der Waals surface area (Å²) in [6, 6.07) is 10.3. The molecule has 1 N–H and O–H groups in total. The first-order chi connectivity index (χ1) is 12.0. The van der Waals surface area contributed by atoms with Crippen molar-refractivity contribution in [3.63, 3.8) is 0 Å². The van der Waals surface area contributed by atoms with Crippen LogP contribution in [0.2, 0.25) is 0 Å². The van der Waals surface area contributed by atoms with Crippen LogP contribution in [0.5, 0.6) is 0 Å². The summed E-state index contributed by atoms with van der Waals surface area (Å²) in [5.41, 5.74) is 4.23. The van der Waals surface area contributed by atoms with Crippen molar-refractivity contribution in [1.82, 2.24) is 15.1 Å². The second-order valence-electron chi connectivity index (χ2n) is 6.10. The van der Waals surface area contributed by atoms with Gasteiger partial charge in [-0.05, 0) is 45.4 Å². The van der Waals surface area contributed by atoms with E-state index in [1.165, 1.54) is 5.69 Å². The lowest BCUT2D eigenvalue weighted by atomic mass is 10.2. The molecular weight excluding hydrogens is 312 g/mol. The molecule has 0 aliphatic heterocycles. The molecule has 0 atom stereocenters. The highest BCUT2D eigenvalue weighted by molar-refractivity contribution is 5.91. The van der Waals surface area contributed by atoms with Crippen molar-refractivity contribution in [2.24, 2.45) is 7.05 Å². The number of carbonyl (C=O) groups excluding carboxylic acids is 1. The van der Waals surface area contributed by atoms with Crippen molar-refractivity contribution >= 4 is 17.7 Å². The maximum atomic E-state index is 12.0. The number of nitrogens with one attached hydrogen (secondary N) is 1. The Balaban J connectivity index is 1.77. The van der Waals surface area contributed by atoms with E-state index in [2.05, 4.69) is 34.4 Å². The molecule has 1 aromatic heterocycles. The number of carbonyl (C=O) groups is 1. The maximum absolute atomic E-state index is 12.0. The molecule has 2 rings (SSSR count). The van der Waals surface area contributed by atoms with Gasteiger partial charge in [-0.2, -0.15) is 5.10 Å². The Morgan fingerprint density at radius 3 is 2.60 bits per heavy atom. The maximum Gasteiger partial charge on any atom is 0.244 e. The molecule has 1 heterocycles. The lowest BCUT2D eigenvalue weighted by Gasteiger charge is -2.23. The van der Waals surface area contributed by atoms with Gasteiger partial charge in [0.15, 0.2) is 0 Å². The highest BCUT2D eigenvalue weighted by Gasteiger charge is 2.07. The van der Waals surface area contributed by atoms with Gasteiger partial charge in [-0.15, -0.1) is 0 Å². The molecule has 1 amide bonds. The summed E-state index contributed by atoms with van der Waals surface area (Å²) in [4.78, 5) is 14.3. The number of hydrogen-bond donors (Lipinski definition) is 1. The van der Waals surface area contributed by atoms with Gasteiger partial charge in [-0.1, -0.05) is 18.2 Å². The van der Waals surface area contributed by atoms with Crippen LogP contribution in [-0.4, -0.2) is 35.3 Å². The Bertz CT molecular complexity index is 719. The summed E-state index contributed by atoms with van der Waals surface area (Å²) in [5.74, 6) is -0.0644. The summed E-state index contributed by atoms with van der Waals surface area (Å²) in [7, 11) is 1.91. The van der Waals surface area contributed by atoms with E-state index in [0.29, 0.717) is 6.54 Å². The molecule has 0 saturated heterocycles. The third-order valence-electron chi connectivity index (χ3n) is 4.37. The number of nitrogens with zero attached hydrogens (tertiary/aromatic N) is 3. The molecule has 0 unspecified atom stereocenters. The van der Waals surface area contributed by atoms with E-state index < -0.39 is 0 Å². The zero-order chi connectivity index (χ0) is 18.2. The lowest BCUT2D eigenvalue weighted by molar-refractivity contribution is -0.116. The largest absolute Gasteiger partial charge is 0.372 e. The number of rotatable bonds is 8. The molecule has 0 saturated carbocycles. The standard InChI is InChI=1S/C20H28N4O/c1-5-24(18-10-7-6-8-11-18)15-9-14-21-20(25)13-12-19-16(2)22-23(4)17(19)3/h6-8,10-13H,5,9,14-15H2,1-4H3,(H,21,25)/b13-12+. The van der Waals surface area contributed by atoms with Crippen molar-refractivity contribution in [2.45, 2.75) is 27.2 Å². The first kappa shape index (κ1) is 18.8. The predicted octanol–water partition coefficient (Wildman–Crippen LogP) is 3.08. The fourth-order valence-corrected chi connectivity index (χ4v) is 2.84. The van der Waals surface area contributed by atoms with Crippen LogP contribution in [0.1, 0.15) is 30.3 Å². The van der Waals surface area contributed by atoms with Gasteiger partial charge in [0.05, 0.1) is 5.69 Å². The zero-order valence-electron chi connectivity index (χ0n) is 15.6. The van der Waals surface area contributed by atoms with E-state index in [1.807, 2.05) is 49.9 Å². The number of para-hydroxylation sites is 1. The first-order valence-corrected chi connectivity index (χ1v) is 8.79. The number of anilines is 1. The highest BCUT2D eigenvalue weighted by atomic mass is 16.1. The fraction of sp³-hybridized carbons (Fsp3) is 0.400. The van der Waals surface area contributed by atoms with E-state index in [1.54, 1.807) is 6.08 Å². The number of aryl methyl sites for hydroxylation is 2. The SMILES string of the molecule is CCN(CCCNC(=O)/C=C/c1c(C)nn(C)c1C)c1ccccc1. The van der Waals surface area contributed by atoms with Crippen molar-refractivity contribution in [3.8, 4) is 0 Å². The normalized spacial score (nSPS) is 11.0. The topological polar surface area (TPSA) is 50.2 Å². The molecule has 0 spiro atoms. The van der Waals surface area contributed by atoms with Gasteiger partial charge in [-0.25, -0.2) is 0 Å². The van der Waals surface area contributed by atoms with Gasteiger partial charge >= 0.3 is 0 Å². The van der Waals surface area contributed by atoms with E-state index in [9.17, 15) is 4.79 Å². The molecule has 0 aliphatic rings. The fourth-order valence-electron chi connectivity index (χ4n) is 2.84. The van der Waals surface area contributed by atoms with Crippen molar-refractivity contribution in [2.75, 3.05) is 24.5 Å². The van der Waals surface area contributed by atoms with Crippen LogP contribution < -0.4 is 10.2 Å². The van der Waals surface area contributed by atoms with Gasteiger partial charge < -0.3 is 10.2 Å². The van der Waals surface area contributed by atoms with Crippen molar-refractivity contribution in [1.29, 1.82) is 0 Å². The number of amides is 1. The van der Waals surface area contributed by atoms with E-state index in [-0.39, 0.29) is 5.91 Å². The van der Waals surface area contributed by atoms with Gasteiger partial charge in [0.1, 0.15) is 0 Å². The predicted molar refractivity (Wildman–Crippen MR) is 104 cm³/mol. The van der Waals surface area contributed by atoms with Crippen LogP contribution in [0.15, 0.2) is 36.4 Å². The Hall–Kier alpha value is -2.56. The molecule has 0 fully saturated rings. The second kappa shape index (κ2) is 9.06. The Morgan fingerprint density at radius 1 is 1.28 bits per heavy atom. The number of aromatic nitrogens is 2. The van der Waals surface area contributed by atoms with E-state index in [4.69, 9.17) is 0 Å². The monoisotopic (exact) mass is 340 g/mol. The Kier molecular flexibility index (Phi) is 6.81. The van der Waals surface area contributed by atoms with Crippen LogP contribution in [0.25, 0.3) is 6.08 Å². The van der Waals surface area contributed by atoms with Crippen molar-refractivity contribution < 1.29 is 4.79 Å². The van der Waals surface area contributed by atoms with Gasteiger partial charge in [0.2, 0.25) is 5.91 Å². The third-order valence-corrected chi connectivity index (χ3v) is 4.37. The average molecular weight is 340 g/mol. The first-order valence-electron chi connectivity index (χ1n) is 8.79. The van der Waals surface area contributed by atoms with Crippen LogP contribution in [0.3, 0.4) is 0 Å². The molecule has 0 bridgehead atoms. The summed E-state index contributed by atoms with van der Waals surface area (Å²) >= 11 is 0. The highest BCUT2D eigenvalue weighted by Crippen LogP contribution is 2.14.